The van der Waals surface area contributed by atoms with Crippen LogP contribution in [0.1, 0.15) is 11.1 Å². The maximum atomic E-state index is 12.9. The van der Waals surface area contributed by atoms with Gasteiger partial charge in [-0.25, -0.2) is 0 Å². The van der Waals surface area contributed by atoms with Crippen LogP contribution in [-0.4, -0.2) is 4.98 Å². The topological polar surface area (TPSA) is 48.8 Å². The third-order valence-corrected chi connectivity index (χ3v) is 4.33. The third kappa shape index (κ3) is 3.55. The summed E-state index contributed by atoms with van der Waals surface area (Å²) >= 11 is 0. The van der Waals surface area contributed by atoms with Gasteiger partial charge in [-0.05, 0) is 72.3 Å². The lowest BCUT2D eigenvalue weighted by Crippen LogP contribution is -2.03. The van der Waals surface area contributed by atoms with Crippen molar-refractivity contribution in [3.63, 3.8) is 0 Å². The summed E-state index contributed by atoms with van der Waals surface area (Å²) in [6, 6.07) is 21.5. The lowest BCUT2D eigenvalue weighted by atomic mass is 10.1. The quantitative estimate of drug-likeness (QED) is 0.441. The Morgan fingerprint density at radius 2 is 1.46 bits per heavy atom. The van der Waals surface area contributed by atoms with Gasteiger partial charge in [0.1, 0.15) is 11.5 Å². The van der Waals surface area contributed by atoms with Gasteiger partial charge in [0, 0.05) is 16.6 Å². The number of ether oxygens (including phenoxy) is 1. The van der Waals surface area contributed by atoms with Gasteiger partial charge < -0.3 is 9.72 Å². The number of nitrogens with one attached hydrogen (secondary N) is 1. The van der Waals surface area contributed by atoms with Crippen molar-refractivity contribution in [2.45, 2.75) is 6.18 Å². The van der Waals surface area contributed by atoms with Gasteiger partial charge in [-0.2, -0.15) is 18.4 Å². The maximum absolute atomic E-state index is 12.9. The number of H-pyrrole nitrogens is 1. The molecule has 28 heavy (non-hydrogen) atoms. The van der Waals surface area contributed by atoms with E-state index < -0.39 is 11.7 Å². The number of benzene rings is 3. The van der Waals surface area contributed by atoms with Crippen molar-refractivity contribution in [3.8, 4) is 28.8 Å². The Bertz CT molecular complexity index is 1170. The molecule has 3 nitrogen and oxygen atoms in total. The average molecular weight is 378 g/mol. The van der Waals surface area contributed by atoms with Gasteiger partial charge in [-0.15, -0.1) is 0 Å². The molecule has 6 heteroatoms. The van der Waals surface area contributed by atoms with Crippen LogP contribution in [0.2, 0.25) is 0 Å². The molecule has 4 aromatic rings. The lowest BCUT2D eigenvalue weighted by molar-refractivity contribution is -0.137. The van der Waals surface area contributed by atoms with Crippen LogP contribution < -0.4 is 4.74 Å². The molecule has 0 aliphatic heterocycles. The fraction of sp³-hybridized carbons (Fsp3) is 0.0455. The average Bonchev–Trinajstić information content (AvgIpc) is 3.12. The van der Waals surface area contributed by atoms with Crippen LogP contribution in [0.4, 0.5) is 13.2 Å². The zero-order chi connectivity index (χ0) is 19.7. The Labute approximate surface area is 158 Å². The van der Waals surface area contributed by atoms with E-state index in [1.807, 2.05) is 24.3 Å². The standard InChI is InChI=1S/C22H13F3N2O/c23-22(24,25)17-6-3-16-11-20(27-21(16)12-17)15-4-9-19(10-5-15)28-18-7-1-14(13-26)2-8-18/h1-12,27H. The van der Waals surface area contributed by atoms with Gasteiger partial charge in [-0.1, -0.05) is 6.07 Å². The predicted octanol–water partition coefficient (Wildman–Crippen LogP) is 6.52. The highest BCUT2D eigenvalue weighted by molar-refractivity contribution is 5.86. The molecule has 0 bridgehead atoms. The van der Waals surface area contributed by atoms with E-state index in [4.69, 9.17) is 10.00 Å². The molecule has 0 fully saturated rings. The summed E-state index contributed by atoms with van der Waals surface area (Å²) in [7, 11) is 0. The van der Waals surface area contributed by atoms with Crippen molar-refractivity contribution in [2.75, 3.05) is 0 Å². The molecule has 0 saturated carbocycles. The fourth-order valence-corrected chi connectivity index (χ4v) is 2.90. The summed E-state index contributed by atoms with van der Waals surface area (Å²) in [5, 5.41) is 9.52. The largest absolute Gasteiger partial charge is 0.457 e. The van der Waals surface area contributed by atoms with Crippen LogP contribution in [-0.2, 0) is 6.18 Å². The van der Waals surface area contributed by atoms with E-state index in [1.165, 1.54) is 6.07 Å². The second-order valence-electron chi connectivity index (χ2n) is 6.25. The number of alkyl halides is 3. The van der Waals surface area contributed by atoms with Gasteiger partial charge >= 0.3 is 6.18 Å². The van der Waals surface area contributed by atoms with E-state index in [-0.39, 0.29) is 0 Å². The first-order valence-corrected chi connectivity index (χ1v) is 8.41. The van der Waals surface area contributed by atoms with E-state index >= 15 is 0 Å². The van der Waals surface area contributed by atoms with Crippen LogP contribution in [0.5, 0.6) is 11.5 Å². The summed E-state index contributed by atoms with van der Waals surface area (Å²) in [6.07, 6.45) is -4.37. The molecule has 0 radical (unpaired) electrons. The molecule has 1 aromatic heterocycles. The molecular formula is C22H13F3N2O. The molecule has 138 valence electrons. The lowest BCUT2D eigenvalue weighted by Gasteiger charge is -2.06. The van der Waals surface area contributed by atoms with Crippen LogP contribution in [0, 0.1) is 11.3 Å². The first-order valence-electron chi connectivity index (χ1n) is 8.41. The number of aromatic nitrogens is 1. The number of nitriles is 1. The van der Waals surface area contributed by atoms with E-state index in [1.54, 1.807) is 36.4 Å². The van der Waals surface area contributed by atoms with E-state index in [2.05, 4.69) is 4.98 Å². The Morgan fingerprint density at radius 1 is 0.821 bits per heavy atom. The number of rotatable bonds is 3. The van der Waals surface area contributed by atoms with Crippen molar-refractivity contribution in [2.24, 2.45) is 0 Å². The van der Waals surface area contributed by atoms with E-state index in [9.17, 15) is 13.2 Å². The van der Waals surface area contributed by atoms with Gasteiger partial charge in [-0.3, -0.25) is 0 Å². The molecule has 0 amide bonds. The van der Waals surface area contributed by atoms with E-state index in [0.717, 1.165) is 23.4 Å². The zero-order valence-corrected chi connectivity index (χ0v) is 14.4. The van der Waals surface area contributed by atoms with Crippen molar-refractivity contribution >= 4 is 10.9 Å². The van der Waals surface area contributed by atoms with Crippen molar-refractivity contribution in [1.29, 1.82) is 5.26 Å². The number of nitrogens with zero attached hydrogens (tertiary/aromatic N) is 1. The molecule has 0 spiro atoms. The minimum atomic E-state index is -4.37. The molecular weight excluding hydrogens is 365 g/mol. The minimum Gasteiger partial charge on any atom is -0.457 e. The fourth-order valence-electron chi connectivity index (χ4n) is 2.90. The molecule has 1 N–H and O–H groups in total. The highest BCUT2D eigenvalue weighted by Crippen LogP contribution is 2.33. The molecule has 0 saturated heterocycles. The van der Waals surface area contributed by atoms with Crippen molar-refractivity contribution < 1.29 is 17.9 Å². The van der Waals surface area contributed by atoms with Gasteiger partial charge in [0.2, 0.25) is 0 Å². The zero-order valence-electron chi connectivity index (χ0n) is 14.4. The molecule has 0 aliphatic carbocycles. The Hall–Kier alpha value is -3.72. The second kappa shape index (κ2) is 6.78. The summed E-state index contributed by atoms with van der Waals surface area (Å²) < 4.78 is 44.3. The van der Waals surface area contributed by atoms with Crippen LogP contribution >= 0.6 is 0 Å². The highest BCUT2D eigenvalue weighted by atomic mass is 19.4. The maximum Gasteiger partial charge on any atom is 0.416 e. The molecule has 0 unspecified atom stereocenters. The Balaban J connectivity index is 1.57. The minimum absolute atomic E-state index is 0.433. The van der Waals surface area contributed by atoms with E-state index in [0.29, 0.717) is 28.0 Å². The Morgan fingerprint density at radius 3 is 2.07 bits per heavy atom. The SMILES string of the molecule is N#Cc1ccc(Oc2ccc(-c3cc4ccc(C(F)(F)F)cc4[nH]3)cc2)cc1. The predicted molar refractivity (Wildman–Crippen MR) is 100.0 cm³/mol. The third-order valence-electron chi connectivity index (χ3n) is 4.33. The number of aromatic amines is 1. The number of hydrogen-bond donors (Lipinski definition) is 1. The monoisotopic (exact) mass is 378 g/mol. The normalized spacial score (nSPS) is 11.4. The summed E-state index contributed by atoms with van der Waals surface area (Å²) in [4.78, 5) is 3.03. The van der Waals surface area contributed by atoms with Gasteiger partial charge in [0.05, 0.1) is 17.2 Å². The number of fused-ring (bicyclic) bond motifs is 1. The summed E-state index contributed by atoms with van der Waals surface area (Å²) in [6.45, 7) is 0. The van der Waals surface area contributed by atoms with Crippen molar-refractivity contribution in [3.05, 3.63) is 83.9 Å². The van der Waals surface area contributed by atoms with Gasteiger partial charge in [0.15, 0.2) is 0 Å². The smallest absolute Gasteiger partial charge is 0.416 e. The first kappa shape index (κ1) is 17.7. The number of hydrogen-bond acceptors (Lipinski definition) is 2. The van der Waals surface area contributed by atoms with Gasteiger partial charge in [0.25, 0.3) is 0 Å². The molecule has 3 aromatic carbocycles. The van der Waals surface area contributed by atoms with Crippen LogP contribution in [0.25, 0.3) is 22.2 Å². The number of halogens is 3. The van der Waals surface area contributed by atoms with Crippen molar-refractivity contribution in [1.82, 2.24) is 4.98 Å². The Kier molecular flexibility index (Phi) is 4.28. The van der Waals surface area contributed by atoms with Crippen LogP contribution in [0.3, 0.4) is 0 Å². The summed E-state index contributed by atoms with van der Waals surface area (Å²) in [5.41, 5.74) is 1.86. The second-order valence-corrected chi connectivity index (χ2v) is 6.25. The molecule has 4 rings (SSSR count). The summed E-state index contributed by atoms with van der Waals surface area (Å²) in [5.74, 6) is 1.22. The molecule has 1 heterocycles. The highest BCUT2D eigenvalue weighted by Gasteiger charge is 2.30. The first-order chi connectivity index (χ1) is 13.4. The van der Waals surface area contributed by atoms with Crippen LogP contribution in [0.15, 0.2) is 72.8 Å². The molecule has 0 aliphatic rings. The molecule has 0 atom stereocenters.